The topological polar surface area (TPSA) is 13.1 Å². The fourth-order valence-corrected chi connectivity index (χ4v) is 1.83. The molecule has 15 heavy (non-hydrogen) atoms. The minimum atomic E-state index is -2.39. The standard InChI is InChI=1S/C11H8F2OS/c12-11(13)15-9-4-1-3-8(7-9)10-5-2-6-14-10/h1-7,11H. The molecule has 0 amide bonds. The van der Waals surface area contributed by atoms with Crippen LogP contribution in [0.5, 0.6) is 0 Å². The summed E-state index contributed by atoms with van der Waals surface area (Å²) in [7, 11) is 0. The lowest BCUT2D eigenvalue weighted by Gasteiger charge is -2.02. The van der Waals surface area contributed by atoms with Gasteiger partial charge in [0.1, 0.15) is 5.76 Å². The van der Waals surface area contributed by atoms with E-state index in [-0.39, 0.29) is 0 Å². The fourth-order valence-electron chi connectivity index (χ4n) is 1.27. The molecule has 0 fully saturated rings. The van der Waals surface area contributed by atoms with Crippen LogP contribution in [0.2, 0.25) is 0 Å². The molecule has 0 aliphatic carbocycles. The van der Waals surface area contributed by atoms with Crippen LogP contribution in [-0.2, 0) is 0 Å². The van der Waals surface area contributed by atoms with Crippen molar-refractivity contribution in [3.05, 3.63) is 42.7 Å². The maximum Gasteiger partial charge on any atom is 0.288 e. The molecule has 1 aromatic carbocycles. The molecular formula is C11H8F2OS. The van der Waals surface area contributed by atoms with Gasteiger partial charge in [0, 0.05) is 10.5 Å². The molecule has 4 heteroatoms. The van der Waals surface area contributed by atoms with Gasteiger partial charge in [0.2, 0.25) is 0 Å². The number of thioether (sulfide) groups is 1. The van der Waals surface area contributed by atoms with Crippen LogP contribution < -0.4 is 0 Å². The number of alkyl halides is 2. The Balaban J connectivity index is 2.27. The second-order valence-corrected chi connectivity index (χ2v) is 3.95. The van der Waals surface area contributed by atoms with E-state index in [0.717, 1.165) is 5.56 Å². The van der Waals surface area contributed by atoms with Gasteiger partial charge in [-0.2, -0.15) is 8.78 Å². The van der Waals surface area contributed by atoms with Crippen LogP contribution in [-0.4, -0.2) is 5.76 Å². The Labute approximate surface area is 90.1 Å². The van der Waals surface area contributed by atoms with Crippen LogP contribution in [0.25, 0.3) is 11.3 Å². The van der Waals surface area contributed by atoms with E-state index in [9.17, 15) is 8.78 Å². The lowest BCUT2D eigenvalue weighted by atomic mass is 10.2. The third-order valence-electron chi connectivity index (χ3n) is 1.86. The summed E-state index contributed by atoms with van der Waals surface area (Å²) in [6.45, 7) is 0. The van der Waals surface area contributed by atoms with E-state index in [1.807, 2.05) is 6.07 Å². The predicted molar refractivity (Wildman–Crippen MR) is 56.0 cm³/mol. The Morgan fingerprint density at radius 3 is 2.67 bits per heavy atom. The van der Waals surface area contributed by atoms with E-state index in [4.69, 9.17) is 4.42 Å². The molecule has 0 atom stereocenters. The van der Waals surface area contributed by atoms with Crippen molar-refractivity contribution in [2.24, 2.45) is 0 Å². The molecule has 2 rings (SSSR count). The lowest BCUT2D eigenvalue weighted by Crippen LogP contribution is -1.82. The van der Waals surface area contributed by atoms with E-state index in [1.54, 1.807) is 36.6 Å². The van der Waals surface area contributed by atoms with Crippen molar-refractivity contribution < 1.29 is 13.2 Å². The number of furan rings is 1. The highest BCUT2D eigenvalue weighted by atomic mass is 32.2. The van der Waals surface area contributed by atoms with Crippen LogP contribution in [0, 0.1) is 0 Å². The molecule has 2 aromatic rings. The first-order valence-electron chi connectivity index (χ1n) is 4.34. The molecule has 78 valence electrons. The summed E-state index contributed by atoms with van der Waals surface area (Å²) in [5.74, 6) is -1.71. The summed E-state index contributed by atoms with van der Waals surface area (Å²) >= 11 is 0.535. The highest BCUT2D eigenvalue weighted by Gasteiger charge is 2.07. The highest BCUT2D eigenvalue weighted by Crippen LogP contribution is 2.29. The van der Waals surface area contributed by atoms with E-state index in [1.165, 1.54) is 0 Å². The SMILES string of the molecule is FC(F)Sc1cccc(-c2ccco2)c1. The molecule has 0 radical (unpaired) electrons. The van der Waals surface area contributed by atoms with Gasteiger partial charge in [-0.15, -0.1) is 0 Å². The Morgan fingerprint density at radius 1 is 1.13 bits per heavy atom. The van der Waals surface area contributed by atoms with E-state index < -0.39 is 5.76 Å². The summed E-state index contributed by atoms with van der Waals surface area (Å²) in [5, 5.41) is 0. The quantitative estimate of drug-likeness (QED) is 0.725. The largest absolute Gasteiger partial charge is 0.464 e. The molecule has 0 saturated carbocycles. The maximum atomic E-state index is 12.1. The number of rotatable bonds is 3. The Hall–Kier alpha value is -1.29. The monoisotopic (exact) mass is 226 g/mol. The Morgan fingerprint density at radius 2 is 2.00 bits per heavy atom. The molecule has 0 saturated heterocycles. The number of hydrogen-bond acceptors (Lipinski definition) is 2. The molecule has 1 aromatic heterocycles. The van der Waals surface area contributed by atoms with Crippen molar-refractivity contribution in [2.45, 2.75) is 10.7 Å². The summed E-state index contributed by atoms with van der Waals surface area (Å²) < 4.78 is 29.5. The minimum absolute atomic E-state index is 0.535. The molecular weight excluding hydrogens is 218 g/mol. The summed E-state index contributed by atoms with van der Waals surface area (Å²) in [6, 6.07) is 10.5. The summed E-state index contributed by atoms with van der Waals surface area (Å²) in [5.41, 5.74) is 0.811. The van der Waals surface area contributed by atoms with Crippen molar-refractivity contribution >= 4 is 11.8 Å². The van der Waals surface area contributed by atoms with Gasteiger partial charge in [-0.25, -0.2) is 0 Å². The number of halogens is 2. The maximum absolute atomic E-state index is 12.1. The molecule has 0 aliphatic rings. The zero-order valence-corrected chi connectivity index (χ0v) is 8.51. The van der Waals surface area contributed by atoms with Crippen molar-refractivity contribution in [2.75, 3.05) is 0 Å². The van der Waals surface area contributed by atoms with Crippen molar-refractivity contribution in [1.29, 1.82) is 0 Å². The van der Waals surface area contributed by atoms with Gasteiger partial charge in [0.05, 0.1) is 6.26 Å². The first-order chi connectivity index (χ1) is 7.25. The van der Waals surface area contributed by atoms with E-state index >= 15 is 0 Å². The van der Waals surface area contributed by atoms with Gasteiger partial charge >= 0.3 is 0 Å². The summed E-state index contributed by atoms with van der Waals surface area (Å²) in [6.07, 6.45) is 1.56. The van der Waals surface area contributed by atoms with Gasteiger partial charge in [0.15, 0.2) is 0 Å². The van der Waals surface area contributed by atoms with Gasteiger partial charge in [-0.3, -0.25) is 0 Å². The normalized spacial score (nSPS) is 10.9. The van der Waals surface area contributed by atoms with Crippen LogP contribution in [0.4, 0.5) is 8.78 Å². The third-order valence-corrected chi connectivity index (χ3v) is 2.57. The molecule has 0 N–H and O–H groups in total. The van der Waals surface area contributed by atoms with Crippen molar-refractivity contribution in [3.63, 3.8) is 0 Å². The van der Waals surface area contributed by atoms with Gasteiger partial charge < -0.3 is 4.42 Å². The van der Waals surface area contributed by atoms with Gasteiger partial charge in [0.25, 0.3) is 5.76 Å². The first-order valence-corrected chi connectivity index (χ1v) is 5.22. The van der Waals surface area contributed by atoms with E-state index in [2.05, 4.69) is 0 Å². The average molecular weight is 226 g/mol. The smallest absolute Gasteiger partial charge is 0.288 e. The minimum Gasteiger partial charge on any atom is -0.464 e. The lowest BCUT2D eigenvalue weighted by molar-refractivity contribution is 0.252. The van der Waals surface area contributed by atoms with Gasteiger partial charge in [-0.05, 0) is 24.3 Å². The number of benzene rings is 1. The third kappa shape index (κ3) is 2.59. The van der Waals surface area contributed by atoms with Crippen molar-refractivity contribution in [3.8, 4) is 11.3 Å². The van der Waals surface area contributed by atoms with Crippen LogP contribution in [0.1, 0.15) is 0 Å². The second-order valence-electron chi connectivity index (χ2n) is 2.88. The molecule has 1 heterocycles. The number of hydrogen-bond donors (Lipinski definition) is 0. The zero-order valence-electron chi connectivity index (χ0n) is 7.69. The van der Waals surface area contributed by atoms with Crippen LogP contribution >= 0.6 is 11.8 Å². The zero-order chi connectivity index (χ0) is 10.7. The van der Waals surface area contributed by atoms with E-state index in [0.29, 0.717) is 22.4 Å². The highest BCUT2D eigenvalue weighted by molar-refractivity contribution is 7.99. The van der Waals surface area contributed by atoms with Crippen molar-refractivity contribution in [1.82, 2.24) is 0 Å². The molecule has 0 spiro atoms. The molecule has 0 aliphatic heterocycles. The van der Waals surface area contributed by atoms with Crippen LogP contribution in [0.15, 0.2) is 52.0 Å². The molecule has 0 bridgehead atoms. The average Bonchev–Trinajstić information content (AvgIpc) is 2.69. The Kier molecular flexibility index (Phi) is 3.06. The fraction of sp³-hybridized carbons (Fsp3) is 0.0909. The second kappa shape index (κ2) is 4.49. The Bertz CT molecular complexity index is 426. The molecule has 1 nitrogen and oxygen atoms in total. The molecule has 0 unspecified atom stereocenters. The van der Waals surface area contributed by atoms with Crippen LogP contribution in [0.3, 0.4) is 0 Å². The predicted octanol–water partition coefficient (Wildman–Crippen LogP) is 4.26. The first kappa shape index (κ1) is 10.2. The summed E-state index contributed by atoms with van der Waals surface area (Å²) in [4.78, 5) is 0.541. The van der Waals surface area contributed by atoms with Gasteiger partial charge in [-0.1, -0.05) is 23.9 Å².